The molecular formula is C20H18N2O3S. The molecule has 5 nitrogen and oxygen atoms in total. The van der Waals surface area contributed by atoms with Crippen molar-refractivity contribution >= 4 is 28.3 Å². The quantitative estimate of drug-likeness (QED) is 0.829. The monoisotopic (exact) mass is 366 g/mol. The molecule has 1 aromatic heterocycles. The maximum absolute atomic E-state index is 12.3. The molecule has 2 aromatic rings. The van der Waals surface area contributed by atoms with E-state index < -0.39 is 0 Å². The van der Waals surface area contributed by atoms with Crippen molar-refractivity contribution in [1.82, 2.24) is 0 Å². The van der Waals surface area contributed by atoms with Gasteiger partial charge in [0, 0.05) is 11.0 Å². The second-order valence-electron chi connectivity index (χ2n) is 6.60. The van der Waals surface area contributed by atoms with Crippen molar-refractivity contribution < 1.29 is 14.3 Å². The number of ether oxygens (including phenoxy) is 2. The fourth-order valence-corrected chi connectivity index (χ4v) is 4.66. The molecule has 6 heteroatoms. The SMILES string of the molecule is C[C@@H]1CCc2c(sc(NC(=O)/C=C/c3ccc4c(c3)OCO4)c2C#N)C1. The Hall–Kier alpha value is -2.78. The average molecular weight is 366 g/mol. The van der Waals surface area contributed by atoms with Crippen LogP contribution in [0.15, 0.2) is 24.3 Å². The highest BCUT2D eigenvalue weighted by molar-refractivity contribution is 7.16. The zero-order valence-electron chi connectivity index (χ0n) is 14.4. The van der Waals surface area contributed by atoms with E-state index >= 15 is 0 Å². The Balaban J connectivity index is 1.49. The van der Waals surface area contributed by atoms with E-state index in [1.165, 1.54) is 22.3 Å². The van der Waals surface area contributed by atoms with E-state index in [-0.39, 0.29) is 12.7 Å². The number of hydrogen-bond donors (Lipinski definition) is 1. The van der Waals surface area contributed by atoms with Crippen LogP contribution in [-0.2, 0) is 17.6 Å². The first-order valence-corrected chi connectivity index (χ1v) is 9.39. The smallest absolute Gasteiger partial charge is 0.249 e. The number of nitrogens with one attached hydrogen (secondary N) is 1. The Morgan fingerprint density at radius 1 is 1.38 bits per heavy atom. The standard InChI is InChI=1S/C20H18N2O3S/c1-12-2-5-14-15(10-21)20(26-18(14)8-12)22-19(23)7-4-13-3-6-16-17(9-13)25-11-24-16/h3-4,6-7,9,12H,2,5,8,11H2,1H3,(H,22,23)/b7-4+/t12-/m1/s1. The van der Waals surface area contributed by atoms with Gasteiger partial charge in [-0.15, -0.1) is 11.3 Å². The summed E-state index contributed by atoms with van der Waals surface area (Å²) in [6, 6.07) is 7.78. The molecule has 1 N–H and O–H groups in total. The summed E-state index contributed by atoms with van der Waals surface area (Å²) in [4.78, 5) is 13.5. The Labute approximate surface area is 155 Å². The van der Waals surface area contributed by atoms with Gasteiger partial charge in [-0.3, -0.25) is 4.79 Å². The van der Waals surface area contributed by atoms with E-state index in [0.29, 0.717) is 28.0 Å². The highest BCUT2D eigenvalue weighted by Crippen LogP contribution is 2.39. The van der Waals surface area contributed by atoms with Gasteiger partial charge in [0.1, 0.15) is 11.1 Å². The molecule has 2 aliphatic rings. The van der Waals surface area contributed by atoms with E-state index in [2.05, 4.69) is 18.3 Å². The van der Waals surface area contributed by atoms with Crippen LogP contribution < -0.4 is 14.8 Å². The molecule has 0 unspecified atom stereocenters. The van der Waals surface area contributed by atoms with Crippen molar-refractivity contribution in [3.8, 4) is 17.6 Å². The van der Waals surface area contributed by atoms with Gasteiger partial charge in [-0.25, -0.2) is 0 Å². The number of rotatable bonds is 3. The summed E-state index contributed by atoms with van der Waals surface area (Å²) in [5, 5.41) is 13.0. The number of benzene rings is 1. The molecular weight excluding hydrogens is 348 g/mol. The lowest BCUT2D eigenvalue weighted by Gasteiger charge is -2.17. The Morgan fingerprint density at radius 3 is 3.08 bits per heavy atom. The number of fused-ring (bicyclic) bond motifs is 2. The summed E-state index contributed by atoms with van der Waals surface area (Å²) in [5.74, 6) is 1.77. The van der Waals surface area contributed by atoms with Gasteiger partial charge in [0.05, 0.1) is 5.56 Å². The van der Waals surface area contributed by atoms with Gasteiger partial charge < -0.3 is 14.8 Å². The number of thiophene rings is 1. The Bertz CT molecular complexity index is 939. The minimum Gasteiger partial charge on any atom is -0.454 e. The topological polar surface area (TPSA) is 71.3 Å². The number of carbonyl (C=O) groups is 1. The average Bonchev–Trinajstić information content (AvgIpc) is 3.22. The Kier molecular flexibility index (Phi) is 4.39. The van der Waals surface area contributed by atoms with Crippen molar-refractivity contribution in [3.05, 3.63) is 45.8 Å². The maximum atomic E-state index is 12.3. The lowest BCUT2D eigenvalue weighted by Crippen LogP contribution is -2.10. The van der Waals surface area contributed by atoms with Crippen LogP contribution in [0.5, 0.6) is 11.5 Å². The third kappa shape index (κ3) is 3.18. The highest BCUT2D eigenvalue weighted by Gasteiger charge is 2.24. The van der Waals surface area contributed by atoms with E-state index in [1.807, 2.05) is 18.2 Å². The minimum atomic E-state index is -0.245. The molecule has 26 heavy (non-hydrogen) atoms. The largest absolute Gasteiger partial charge is 0.454 e. The molecule has 2 heterocycles. The molecule has 0 bridgehead atoms. The molecule has 1 aromatic carbocycles. The highest BCUT2D eigenvalue weighted by atomic mass is 32.1. The normalized spacial score (nSPS) is 17.8. The summed E-state index contributed by atoms with van der Waals surface area (Å²) in [5.41, 5.74) is 2.59. The van der Waals surface area contributed by atoms with Crippen molar-refractivity contribution in [2.75, 3.05) is 12.1 Å². The molecule has 0 saturated heterocycles. The van der Waals surface area contributed by atoms with Crippen LogP contribution in [0.25, 0.3) is 6.08 Å². The first-order chi connectivity index (χ1) is 12.6. The second-order valence-corrected chi connectivity index (χ2v) is 7.71. The number of amides is 1. The van der Waals surface area contributed by atoms with E-state index in [9.17, 15) is 10.1 Å². The van der Waals surface area contributed by atoms with Crippen molar-refractivity contribution in [3.63, 3.8) is 0 Å². The predicted molar refractivity (Wildman–Crippen MR) is 100 cm³/mol. The minimum absolute atomic E-state index is 0.224. The number of hydrogen-bond acceptors (Lipinski definition) is 5. The number of carbonyl (C=O) groups excluding carboxylic acids is 1. The summed E-state index contributed by atoms with van der Waals surface area (Å²) >= 11 is 1.53. The first kappa shape index (κ1) is 16.7. The summed E-state index contributed by atoms with van der Waals surface area (Å²) in [6.45, 7) is 2.45. The fourth-order valence-electron chi connectivity index (χ4n) is 3.30. The molecule has 132 valence electrons. The van der Waals surface area contributed by atoms with Crippen molar-refractivity contribution in [2.24, 2.45) is 5.92 Å². The van der Waals surface area contributed by atoms with Crippen LogP contribution in [-0.4, -0.2) is 12.7 Å². The number of anilines is 1. The van der Waals surface area contributed by atoms with E-state index in [0.717, 1.165) is 30.4 Å². The van der Waals surface area contributed by atoms with Crippen molar-refractivity contribution in [1.29, 1.82) is 5.26 Å². The number of nitriles is 1. The second kappa shape index (κ2) is 6.85. The molecule has 4 rings (SSSR count). The van der Waals surface area contributed by atoms with Crippen LogP contribution in [0, 0.1) is 17.2 Å². The van der Waals surface area contributed by atoms with Crippen LogP contribution in [0.4, 0.5) is 5.00 Å². The predicted octanol–water partition coefficient (Wildman–Crippen LogP) is 4.13. The van der Waals surface area contributed by atoms with Crippen molar-refractivity contribution in [2.45, 2.75) is 26.2 Å². The van der Waals surface area contributed by atoms with Gasteiger partial charge in [0.15, 0.2) is 11.5 Å². The third-order valence-corrected chi connectivity index (χ3v) is 5.85. The third-order valence-electron chi connectivity index (χ3n) is 4.68. The molecule has 0 fully saturated rings. The lowest BCUT2D eigenvalue weighted by molar-refractivity contribution is -0.111. The molecule has 1 aliphatic heterocycles. The van der Waals surface area contributed by atoms with Crippen LogP contribution in [0.2, 0.25) is 0 Å². The van der Waals surface area contributed by atoms with Gasteiger partial charge in [0.2, 0.25) is 12.7 Å². The van der Waals surface area contributed by atoms with Gasteiger partial charge in [-0.1, -0.05) is 13.0 Å². The van der Waals surface area contributed by atoms with Crippen LogP contribution in [0.1, 0.15) is 34.9 Å². The summed E-state index contributed by atoms with van der Waals surface area (Å²) < 4.78 is 10.6. The lowest BCUT2D eigenvalue weighted by atomic mass is 9.89. The maximum Gasteiger partial charge on any atom is 0.249 e. The molecule has 0 spiro atoms. The molecule has 1 atom stereocenters. The Morgan fingerprint density at radius 2 is 2.23 bits per heavy atom. The molecule has 1 aliphatic carbocycles. The van der Waals surface area contributed by atoms with E-state index in [1.54, 1.807) is 6.08 Å². The van der Waals surface area contributed by atoms with E-state index in [4.69, 9.17) is 9.47 Å². The fraction of sp³-hybridized carbons (Fsp3) is 0.300. The zero-order chi connectivity index (χ0) is 18.1. The molecule has 0 radical (unpaired) electrons. The first-order valence-electron chi connectivity index (χ1n) is 8.57. The number of nitrogens with zero attached hydrogens (tertiary/aromatic N) is 1. The van der Waals surface area contributed by atoms with Gasteiger partial charge >= 0.3 is 0 Å². The van der Waals surface area contributed by atoms with Gasteiger partial charge in [-0.2, -0.15) is 5.26 Å². The van der Waals surface area contributed by atoms with Gasteiger partial charge in [-0.05, 0) is 54.5 Å². The molecule has 1 amide bonds. The summed E-state index contributed by atoms with van der Waals surface area (Å²) in [7, 11) is 0. The molecule has 0 saturated carbocycles. The summed E-state index contributed by atoms with van der Waals surface area (Å²) in [6.07, 6.45) is 6.19. The van der Waals surface area contributed by atoms with Gasteiger partial charge in [0.25, 0.3) is 0 Å². The van der Waals surface area contributed by atoms with Crippen LogP contribution in [0.3, 0.4) is 0 Å². The van der Waals surface area contributed by atoms with Crippen LogP contribution >= 0.6 is 11.3 Å². The zero-order valence-corrected chi connectivity index (χ0v) is 15.2.